The molecule has 0 spiro atoms. The van der Waals surface area contributed by atoms with Crippen molar-refractivity contribution in [2.45, 2.75) is 25.4 Å². The number of aliphatic hydroxyl groups is 1. The van der Waals surface area contributed by atoms with Crippen LogP contribution < -0.4 is 0 Å². The van der Waals surface area contributed by atoms with Gasteiger partial charge in [-0.2, -0.15) is 0 Å². The van der Waals surface area contributed by atoms with Crippen molar-refractivity contribution in [1.82, 2.24) is 4.90 Å². The summed E-state index contributed by atoms with van der Waals surface area (Å²) in [6.45, 7) is 3.00. The summed E-state index contributed by atoms with van der Waals surface area (Å²) in [4.78, 5) is 2.40. The molecule has 114 valence electrons. The number of rotatable bonds is 3. The van der Waals surface area contributed by atoms with E-state index in [1.54, 1.807) is 11.3 Å². The number of likely N-dealkylation sites (tertiary alicyclic amines) is 1. The number of thiophene rings is 1. The van der Waals surface area contributed by atoms with Crippen LogP contribution in [-0.4, -0.2) is 29.6 Å². The van der Waals surface area contributed by atoms with Gasteiger partial charge in [0.25, 0.3) is 0 Å². The molecule has 2 aromatic carbocycles. The monoisotopic (exact) mass is 311 g/mol. The Hall–Kier alpha value is -1.42. The largest absolute Gasteiger partial charge is 0.387 e. The summed E-state index contributed by atoms with van der Waals surface area (Å²) >= 11 is 1.77. The normalized spacial score (nSPS) is 18.0. The van der Waals surface area contributed by atoms with Crippen molar-refractivity contribution in [3.63, 3.8) is 0 Å². The van der Waals surface area contributed by atoms with E-state index in [1.165, 1.54) is 40.1 Å². The highest BCUT2D eigenvalue weighted by Crippen LogP contribution is 2.35. The van der Waals surface area contributed by atoms with Crippen molar-refractivity contribution in [1.29, 1.82) is 0 Å². The molecule has 0 amide bonds. The first-order valence-electron chi connectivity index (χ1n) is 8.12. The third-order valence-electron chi connectivity index (χ3n) is 4.73. The standard InChI is InChI=1S/C19H21NOS/c21-18(13-20-9-4-1-5-10-20)17-12-14-6-2-3-7-15(14)19-16(17)8-11-22-19/h2-3,6-8,11-12,18,21H,1,4-5,9-10,13H2. The van der Waals surface area contributed by atoms with Gasteiger partial charge in [0.2, 0.25) is 0 Å². The molecule has 1 unspecified atom stereocenters. The van der Waals surface area contributed by atoms with Crippen LogP contribution in [-0.2, 0) is 0 Å². The van der Waals surface area contributed by atoms with Gasteiger partial charge in [-0.25, -0.2) is 0 Å². The number of nitrogens with zero attached hydrogens (tertiary/aromatic N) is 1. The van der Waals surface area contributed by atoms with E-state index in [-0.39, 0.29) is 0 Å². The van der Waals surface area contributed by atoms with Gasteiger partial charge >= 0.3 is 0 Å². The molecule has 22 heavy (non-hydrogen) atoms. The second kappa shape index (κ2) is 5.99. The lowest BCUT2D eigenvalue weighted by Crippen LogP contribution is -2.33. The lowest BCUT2D eigenvalue weighted by molar-refractivity contribution is 0.102. The van der Waals surface area contributed by atoms with Gasteiger partial charge in [0, 0.05) is 11.2 Å². The summed E-state index contributed by atoms with van der Waals surface area (Å²) in [6, 6.07) is 12.8. The average molecular weight is 311 g/mol. The number of hydrogen-bond acceptors (Lipinski definition) is 3. The van der Waals surface area contributed by atoms with E-state index in [1.807, 2.05) is 0 Å². The van der Waals surface area contributed by atoms with E-state index in [0.29, 0.717) is 0 Å². The molecule has 1 aliphatic rings. The van der Waals surface area contributed by atoms with Crippen molar-refractivity contribution < 1.29 is 5.11 Å². The maximum Gasteiger partial charge on any atom is 0.0923 e. The van der Waals surface area contributed by atoms with Crippen LogP contribution in [0.2, 0.25) is 0 Å². The predicted octanol–water partition coefficient (Wildman–Crippen LogP) is 4.57. The highest BCUT2D eigenvalue weighted by Gasteiger charge is 2.19. The summed E-state index contributed by atoms with van der Waals surface area (Å²) < 4.78 is 1.30. The van der Waals surface area contributed by atoms with Crippen molar-refractivity contribution in [3.8, 4) is 0 Å². The summed E-state index contributed by atoms with van der Waals surface area (Å²) in [5.41, 5.74) is 1.08. The lowest BCUT2D eigenvalue weighted by Gasteiger charge is -2.29. The number of fused-ring (bicyclic) bond motifs is 3. The third kappa shape index (κ3) is 2.54. The summed E-state index contributed by atoms with van der Waals surface area (Å²) in [5.74, 6) is 0. The van der Waals surface area contributed by atoms with Gasteiger partial charge in [-0.3, -0.25) is 0 Å². The van der Waals surface area contributed by atoms with E-state index in [9.17, 15) is 5.11 Å². The molecule has 2 nitrogen and oxygen atoms in total. The molecule has 1 N–H and O–H groups in total. The van der Waals surface area contributed by atoms with Crippen molar-refractivity contribution >= 4 is 32.2 Å². The van der Waals surface area contributed by atoms with Crippen LogP contribution in [0.5, 0.6) is 0 Å². The number of hydrogen-bond donors (Lipinski definition) is 1. The number of aliphatic hydroxyl groups excluding tert-OH is 1. The first-order valence-corrected chi connectivity index (χ1v) is 9.00. The minimum absolute atomic E-state index is 0.403. The zero-order valence-corrected chi connectivity index (χ0v) is 13.5. The molecule has 1 atom stereocenters. The molecule has 0 bridgehead atoms. The van der Waals surface area contributed by atoms with E-state index in [2.05, 4.69) is 46.7 Å². The van der Waals surface area contributed by atoms with Crippen LogP contribution in [0.25, 0.3) is 20.9 Å². The highest BCUT2D eigenvalue weighted by atomic mass is 32.1. The molecule has 2 heterocycles. The molecular formula is C19H21NOS. The van der Waals surface area contributed by atoms with Crippen LogP contribution in [0.4, 0.5) is 0 Å². The predicted molar refractivity (Wildman–Crippen MR) is 94.6 cm³/mol. The van der Waals surface area contributed by atoms with Crippen molar-refractivity contribution in [2.24, 2.45) is 0 Å². The number of β-amino-alcohol motifs (C(OH)–C–C–N with tert-alkyl or cyclic N) is 1. The molecule has 0 radical (unpaired) electrons. The van der Waals surface area contributed by atoms with E-state index < -0.39 is 6.10 Å². The lowest BCUT2D eigenvalue weighted by atomic mass is 9.98. The molecule has 3 heteroatoms. The summed E-state index contributed by atoms with van der Waals surface area (Å²) in [5, 5.41) is 16.7. The van der Waals surface area contributed by atoms with E-state index in [0.717, 1.165) is 25.2 Å². The number of benzene rings is 2. The van der Waals surface area contributed by atoms with Gasteiger partial charge in [0.15, 0.2) is 0 Å². The fourth-order valence-corrected chi connectivity index (χ4v) is 4.55. The Labute approximate surface area is 135 Å². The van der Waals surface area contributed by atoms with Crippen LogP contribution in [0.1, 0.15) is 30.9 Å². The van der Waals surface area contributed by atoms with Crippen LogP contribution in [0, 0.1) is 0 Å². The Morgan fingerprint density at radius 3 is 2.73 bits per heavy atom. The Kier molecular flexibility index (Phi) is 3.87. The fourth-order valence-electron chi connectivity index (χ4n) is 3.58. The zero-order valence-electron chi connectivity index (χ0n) is 12.7. The smallest absolute Gasteiger partial charge is 0.0923 e. The van der Waals surface area contributed by atoms with Crippen LogP contribution >= 0.6 is 11.3 Å². The second-order valence-electron chi connectivity index (χ2n) is 6.23. The van der Waals surface area contributed by atoms with Crippen molar-refractivity contribution in [3.05, 3.63) is 47.3 Å². The van der Waals surface area contributed by atoms with Crippen LogP contribution in [0.3, 0.4) is 0 Å². The maximum atomic E-state index is 10.8. The Morgan fingerprint density at radius 2 is 1.86 bits per heavy atom. The van der Waals surface area contributed by atoms with Gasteiger partial charge in [-0.15, -0.1) is 11.3 Å². The molecular weight excluding hydrogens is 290 g/mol. The van der Waals surface area contributed by atoms with Gasteiger partial charge in [0.05, 0.1) is 6.10 Å². The average Bonchev–Trinajstić information content (AvgIpc) is 3.05. The molecule has 1 saturated heterocycles. The van der Waals surface area contributed by atoms with E-state index >= 15 is 0 Å². The first kappa shape index (κ1) is 14.2. The molecule has 0 aliphatic carbocycles. The van der Waals surface area contributed by atoms with Gasteiger partial charge < -0.3 is 10.0 Å². The fraction of sp³-hybridized carbons (Fsp3) is 0.368. The third-order valence-corrected chi connectivity index (χ3v) is 5.68. The summed E-state index contributed by atoms with van der Waals surface area (Å²) in [6.07, 6.45) is 3.45. The summed E-state index contributed by atoms with van der Waals surface area (Å²) in [7, 11) is 0. The van der Waals surface area contributed by atoms with Gasteiger partial charge in [-0.1, -0.05) is 30.7 Å². The molecule has 1 aromatic heterocycles. The molecule has 0 saturated carbocycles. The minimum atomic E-state index is -0.403. The second-order valence-corrected chi connectivity index (χ2v) is 7.14. The van der Waals surface area contributed by atoms with E-state index in [4.69, 9.17) is 0 Å². The quantitative estimate of drug-likeness (QED) is 0.765. The SMILES string of the molecule is OC(CN1CCCCC1)c1cc2ccccc2c2sccc12. The number of piperidine rings is 1. The molecule has 3 aromatic rings. The first-order chi connectivity index (χ1) is 10.8. The van der Waals surface area contributed by atoms with Gasteiger partial charge in [0.1, 0.15) is 0 Å². The topological polar surface area (TPSA) is 23.5 Å². The Morgan fingerprint density at radius 1 is 1.05 bits per heavy atom. The highest BCUT2D eigenvalue weighted by molar-refractivity contribution is 7.18. The Bertz CT molecular complexity index is 788. The Balaban J connectivity index is 1.74. The zero-order chi connectivity index (χ0) is 14.9. The van der Waals surface area contributed by atoms with Crippen LogP contribution in [0.15, 0.2) is 41.8 Å². The molecule has 1 aliphatic heterocycles. The molecule has 1 fully saturated rings. The maximum absolute atomic E-state index is 10.8. The minimum Gasteiger partial charge on any atom is -0.387 e. The van der Waals surface area contributed by atoms with Crippen molar-refractivity contribution in [2.75, 3.05) is 19.6 Å². The van der Waals surface area contributed by atoms with Gasteiger partial charge in [-0.05, 0) is 65.2 Å². The molecule has 4 rings (SSSR count).